The largest absolute Gasteiger partial charge is 0.378 e. The van der Waals surface area contributed by atoms with E-state index in [4.69, 9.17) is 4.74 Å². The van der Waals surface area contributed by atoms with Gasteiger partial charge in [0.2, 0.25) is 0 Å². The minimum absolute atomic E-state index is 0.0302. The van der Waals surface area contributed by atoms with E-state index in [1.807, 2.05) is 23.1 Å². The maximum absolute atomic E-state index is 12.5. The normalized spacial score (nSPS) is 19.6. The summed E-state index contributed by atoms with van der Waals surface area (Å²) in [7, 11) is 0. The van der Waals surface area contributed by atoms with Crippen molar-refractivity contribution >= 4 is 17.4 Å². The number of nitrogens with one attached hydrogen (secondary N) is 1. The Morgan fingerprint density at radius 3 is 2.36 bits per heavy atom. The van der Waals surface area contributed by atoms with E-state index in [9.17, 15) is 4.79 Å². The Morgan fingerprint density at radius 2 is 1.64 bits per heavy atom. The van der Waals surface area contributed by atoms with Gasteiger partial charge in [-0.15, -0.1) is 0 Å². The van der Waals surface area contributed by atoms with Gasteiger partial charge >= 0.3 is 6.03 Å². The van der Waals surface area contributed by atoms with Crippen LogP contribution < -0.4 is 10.2 Å². The van der Waals surface area contributed by atoms with Crippen LogP contribution in [0.15, 0.2) is 24.3 Å². The van der Waals surface area contributed by atoms with Crippen LogP contribution in [0.4, 0.5) is 16.2 Å². The van der Waals surface area contributed by atoms with Crippen molar-refractivity contribution in [1.29, 1.82) is 0 Å². The summed E-state index contributed by atoms with van der Waals surface area (Å²) in [6.07, 6.45) is 4.68. The predicted molar refractivity (Wildman–Crippen MR) is 88.5 cm³/mol. The standard InChI is InChI=1S/C17H25N3O2/c21-17(20-9-5-1-2-6-10-20)18-15-7-3-4-8-16(15)19-11-13-22-14-12-19/h3-4,7-8H,1-2,5-6,9-14H2,(H,18,21). The van der Waals surface area contributed by atoms with Gasteiger partial charge in [0.1, 0.15) is 0 Å². The lowest BCUT2D eigenvalue weighted by molar-refractivity contribution is 0.123. The molecule has 3 rings (SSSR count). The molecule has 0 spiro atoms. The van der Waals surface area contributed by atoms with Crippen molar-refractivity contribution in [3.05, 3.63) is 24.3 Å². The molecular weight excluding hydrogens is 278 g/mol. The molecule has 1 N–H and O–H groups in total. The van der Waals surface area contributed by atoms with Gasteiger partial charge in [-0.1, -0.05) is 25.0 Å². The summed E-state index contributed by atoms with van der Waals surface area (Å²) in [5, 5.41) is 3.11. The maximum Gasteiger partial charge on any atom is 0.321 e. The summed E-state index contributed by atoms with van der Waals surface area (Å²) >= 11 is 0. The molecule has 0 bridgehead atoms. The van der Waals surface area contributed by atoms with Crippen LogP contribution >= 0.6 is 0 Å². The Kier molecular flexibility index (Phi) is 5.16. The lowest BCUT2D eigenvalue weighted by Gasteiger charge is -2.31. The number of anilines is 2. The molecule has 5 nitrogen and oxygen atoms in total. The number of carbonyl (C=O) groups is 1. The Labute approximate surface area is 132 Å². The van der Waals surface area contributed by atoms with Gasteiger partial charge < -0.3 is 19.9 Å². The fourth-order valence-electron chi connectivity index (χ4n) is 3.13. The summed E-state index contributed by atoms with van der Waals surface area (Å²) < 4.78 is 5.41. The molecule has 0 aliphatic carbocycles. The third-order valence-corrected chi connectivity index (χ3v) is 4.39. The van der Waals surface area contributed by atoms with Gasteiger partial charge in [-0.2, -0.15) is 0 Å². The Balaban J connectivity index is 1.69. The monoisotopic (exact) mass is 303 g/mol. The summed E-state index contributed by atoms with van der Waals surface area (Å²) in [6.45, 7) is 4.97. The van der Waals surface area contributed by atoms with Gasteiger partial charge in [-0.25, -0.2) is 4.79 Å². The van der Waals surface area contributed by atoms with Crippen molar-refractivity contribution in [1.82, 2.24) is 4.90 Å². The van der Waals surface area contributed by atoms with Crippen molar-refractivity contribution in [2.24, 2.45) is 0 Å². The minimum Gasteiger partial charge on any atom is -0.378 e. The quantitative estimate of drug-likeness (QED) is 0.913. The van der Waals surface area contributed by atoms with Crippen LogP contribution in [0.25, 0.3) is 0 Å². The first-order chi connectivity index (χ1) is 10.8. The van der Waals surface area contributed by atoms with Gasteiger partial charge in [0.25, 0.3) is 0 Å². The van der Waals surface area contributed by atoms with E-state index < -0.39 is 0 Å². The molecule has 1 aromatic carbocycles. The van der Waals surface area contributed by atoms with E-state index in [-0.39, 0.29) is 6.03 Å². The fraction of sp³-hybridized carbons (Fsp3) is 0.588. The highest BCUT2D eigenvalue weighted by molar-refractivity contribution is 5.93. The van der Waals surface area contributed by atoms with Gasteiger partial charge in [-0.3, -0.25) is 0 Å². The highest BCUT2D eigenvalue weighted by atomic mass is 16.5. The number of hydrogen-bond donors (Lipinski definition) is 1. The van der Waals surface area contributed by atoms with Crippen LogP contribution in [0.3, 0.4) is 0 Å². The average Bonchev–Trinajstić information content (AvgIpc) is 2.85. The molecule has 2 fully saturated rings. The molecular formula is C17H25N3O2. The van der Waals surface area contributed by atoms with Crippen molar-refractivity contribution in [3.8, 4) is 0 Å². The van der Waals surface area contributed by atoms with Crippen LogP contribution in [-0.2, 0) is 4.74 Å². The average molecular weight is 303 g/mol. The first kappa shape index (κ1) is 15.2. The van der Waals surface area contributed by atoms with E-state index in [0.717, 1.165) is 63.6 Å². The Bertz CT molecular complexity index is 492. The molecule has 0 unspecified atom stereocenters. The van der Waals surface area contributed by atoms with Gasteiger partial charge in [0, 0.05) is 26.2 Å². The molecule has 0 aromatic heterocycles. The van der Waals surface area contributed by atoms with Crippen molar-refractivity contribution in [2.75, 3.05) is 49.6 Å². The van der Waals surface area contributed by atoms with Gasteiger partial charge in [-0.05, 0) is 25.0 Å². The number of likely N-dealkylation sites (tertiary alicyclic amines) is 1. The first-order valence-electron chi connectivity index (χ1n) is 8.32. The number of ether oxygens (including phenoxy) is 1. The number of amides is 2. The second-order valence-corrected chi connectivity index (χ2v) is 5.95. The Hall–Kier alpha value is -1.75. The van der Waals surface area contributed by atoms with Crippen LogP contribution in [0.1, 0.15) is 25.7 Å². The zero-order valence-corrected chi connectivity index (χ0v) is 13.1. The van der Waals surface area contributed by atoms with Crippen LogP contribution in [0.2, 0.25) is 0 Å². The molecule has 0 saturated carbocycles. The molecule has 2 aliphatic heterocycles. The maximum atomic E-state index is 12.5. The molecule has 0 radical (unpaired) electrons. The van der Waals surface area contributed by atoms with Crippen LogP contribution in [-0.4, -0.2) is 50.3 Å². The molecule has 5 heteroatoms. The van der Waals surface area contributed by atoms with E-state index >= 15 is 0 Å². The summed E-state index contributed by atoms with van der Waals surface area (Å²) in [5.74, 6) is 0. The summed E-state index contributed by atoms with van der Waals surface area (Å²) in [4.78, 5) is 16.8. The molecule has 2 saturated heterocycles. The fourth-order valence-corrected chi connectivity index (χ4v) is 3.13. The highest BCUT2D eigenvalue weighted by Gasteiger charge is 2.19. The molecule has 120 valence electrons. The zero-order valence-electron chi connectivity index (χ0n) is 13.1. The first-order valence-corrected chi connectivity index (χ1v) is 8.32. The molecule has 2 amide bonds. The van der Waals surface area contributed by atoms with E-state index in [2.05, 4.69) is 16.3 Å². The second-order valence-electron chi connectivity index (χ2n) is 5.95. The number of rotatable bonds is 2. The number of para-hydroxylation sites is 2. The van der Waals surface area contributed by atoms with Crippen molar-refractivity contribution < 1.29 is 9.53 Å². The number of carbonyl (C=O) groups excluding carboxylic acids is 1. The van der Waals surface area contributed by atoms with E-state index in [1.54, 1.807) is 0 Å². The smallest absolute Gasteiger partial charge is 0.321 e. The number of benzene rings is 1. The molecule has 1 aromatic rings. The second kappa shape index (κ2) is 7.49. The van der Waals surface area contributed by atoms with Gasteiger partial charge in [0.15, 0.2) is 0 Å². The SMILES string of the molecule is O=C(Nc1ccccc1N1CCOCC1)N1CCCCCC1. The summed E-state index contributed by atoms with van der Waals surface area (Å²) in [5.41, 5.74) is 1.99. The zero-order chi connectivity index (χ0) is 15.2. The van der Waals surface area contributed by atoms with Crippen molar-refractivity contribution in [2.45, 2.75) is 25.7 Å². The molecule has 2 heterocycles. The molecule has 0 atom stereocenters. The minimum atomic E-state index is 0.0302. The van der Waals surface area contributed by atoms with Crippen molar-refractivity contribution in [3.63, 3.8) is 0 Å². The lowest BCUT2D eigenvalue weighted by atomic mass is 10.2. The molecule has 2 aliphatic rings. The highest BCUT2D eigenvalue weighted by Crippen LogP contribution is 2.26. The number of hydrogen-bond acceptors (Lipinski definition) is 3. The third kappa shape index (κ3) is 3.71. The summed E-state index contributed by atoms with van der Waals surface area (Å²) in [6, 6.07) is 8.08. The van der Waals surface area contributed by atoms with E-state index in [1.165, 1.54) is 12.8 Å². The van der Waals surface area contributed by atoms with Gasteiger partial charge in [0.05, 0.1) is 24.6 Å². The number of morpholine rings is 1. The van der Waals surface area contributed by atoms with Crippen LogP contribution in [0.5, 0.6) is 0 Å². The lowest BCUT2D eigenvalue weighted by Crippen LogP contribution is -2.38. The van der Waals surface area contributed by atoms with Crippen LogP contribution in [0, 0.1) is 0 Å². The topological polar surface area (TPSA) is 44.8 Å². The number of urea groups is 1. The molecule has 22 heavy (non-hydrogen) atoms. The predicted octanol–water partition coefficient (Wildman–Crippen LogP) is 2.93. The Morgan fingerprint density at radius 1 is 0.955 bits per heavy atom. The third-order valence-electron chi connectivity index (χ3n) is 4.39. The van der Waals surface area contributed by atoms with E-state index in [0.29, 0.717) is 0 Å². The number of nitrogens with zero attached hydrogens (tertiary/aromatic N) is 2.